The van der Waals surface area contributed by atoms with Gasteiger partial charge >= 0.3 is 0 Å². The number of likely N-dealkylation sites (tertiary alicyclic amines) is 1. The van der Waals surface area contributed by atoms with Crippen LogP contribution >= 0.6 is 0 Å². The van der Waals surface area contributed by atoms with Gasteiger partial charge in [-0.05, 0) is 18.8 Å². The fraction of sp³-hybridized carbons (Fsp3) is 0.846. The third-order valence-corrected chi connectivity index (χ3v) is 3.27. The maximum atomic E-state index is 11.9. The summed E-state index contributed by atoms with van der Waals surface area (Å²) < 4.78 is 0. The van der Waals surface area contributed by atoms with Crippen LogP contribution in [0.15, 0.2) is 0 Å². The lowest BCUT2D eigenvalue weighted by molar-refractivity contribution is -0.132. The Morgan fingerprint density at radius 2 is 1.89 bits per heavy atom. The van der Waals surface area contributed by atoms with Crippen molar-refractivity contribution >= 4 is 11.8 Å². The number of amides is 2. The van der Waals surface area contributed by atoms with Crippen LogP contribution in [0.25, 0.3) is 0 Å². The van der Waals surface area contributed by atoms with Crippen LogP contribution < -0.4 is 10.6 Å². The summed E-state index contributed by atoms with van der Waals surface area (Å²) in [6, 6.07) is 0.339. The van der Waals surface area contributed by atoms with Crippen LogP contribution in [0.5, 0.6) is 0 Å². The molecule has 1 heterocycles. The van der Waals surface area contributed by atoms with Gasteiger partial charge in [0.05, 0.1) is 6.54 Å². The first-order valence-corrected chi connectivity index (χ1v) is 6.74. The van der Waals surface area contributed by atoms with Crippen molar-refractivity contribution in [1.29, 1.82) is 0 Å². The Morgan fingerprint density at radius 3 is 2.39 bits per heavy atom. The van der Waals surface area contributed by atoms with Crippen molar-refractivity contribution in [3.8, 4) is 0 Å². The summed E-state index contributed by atoms with van der Waals surface area (Å²) in [5.41, 5.74) is 0. The smallest absolute Gasteiger partial charge is 0.236 e. The molecule has 2 amide bonds. The molecule has 1 fully saturated rings. The minimum Gasteiger partial charge on any atom is -0.356 e. The second-order valence-electron chi connectivity index (χ2n) is 5.30. The van der Waals surface area contributed by atoms with Gasteiger partial charge in [0.1, 0.15) is 0 Å². The lowest BCUT2D eigenvalue weighted by Crippen LogP contribution is -2.45. The number of hydrogen-bond acceptors (Lipinski definition) is 3. The van der Waals surface area contributed by atoms with Gasteiger partial charge in [-0.25, -0.2) is 0 Å². The zero-order valence-electron chi connectivity index (χ0n) is 11.7. The monoisotopic (exact) mass is 255 g/mol. The third-order valence-electron chi connectivity index (χ3n) is 3.27. The molecule has 0 aromatic heterocycles. The maximum absolute atomic E-state index is 11.9. The predicted molar refractivity (Wildman–Crippen MR) is 71.1 cm³/mol. The number of carbonyl (C=O) groups is 2. The summed E-state index contributed by atoms with van der Waals surface area (Å²) >= 11 is 0. The van der Waals surface area contributed by atoms with Crippen LogP contribution in [-0.2, 0) is 9.59 Å². The molecule has 0 spiro atoms. The molecule has 0 aliphatic carbocycles. The van der Waals surface area contributed by atoms with Gasteiger partial charge in [0.25, 0.3) is 0 Å². The summed E-state index contributed by atoms with van der Waals surface area (Å²) in [5.74, 6) is 0.715. The molecular weight excluding hydrogens is 230 g/mol. The highest BCUT2D eigenvalue weighted by Crippen LogP contribution is 2.16. The molecule has 2 N–H and O–H groups in total. The summed E-state index contributed by atoms with van der Waals surface area (Å²) in [5, 5.41) is 5.99. The molecule has 5 nitrogen and oxygen atoms in total. The normalized spacial score (nSPS) is 17.0. The summed E-state index contributed by atoms with van der Waals surface area (Å²) in [6.45, 7) is 8.39. The van der Waals surface area contributed by atoms with E-state index in [2.05, 4.69) is 10.6 Å². The number of piperidine rings is 1. The Kier molecular flexibility index (Phi) is 6.12. The van der Waals surface area contributed by atoms with Crippen molar-refractivity contribution < 1.29 is 9.59 Å². The van der Waals surface area contributed by atoms with E-state index in [1.807, 2.05) is 18.7 Å². The van der Waals surface area contributed by atoms with Crippen molar-refractivity contribution in [2.24, 2.45) is 5.92 Å². The van der Waals surface area contributed by atoms with E-state index < -0.39 is 0 Å². The van der Waals surface area contributed by atoms with Gasteiger partial charge in [0, 0.05) is 32.6 Å². The van der Waals surface area contributed by atoms with E-state index in [1.54, 1.807) is 0 Å². The van der Waals surface area contributed by atoms with E-state index in [4.69, 9.17) is 0 Å². The molecule has 18 heavy (non-hydrogen) atoms. The molecule has 0 aromatic carbocycles. The number of rotatable bonds is 5. The molecule has 0 radical (unpaired) electrons. The molecule has 1 aliphatic rings. The summed E-state index contributed by atoms with van der Waals surface area (Å²) in [7, 11) is 0. The van der Waals surface area contributed by atoms with Gasteiger partial charge in [-0.3, -0.25) is 9.59 Å². The average molecular weight is 255 g/mol. The predicted octanol–water partition coefficient (Wildman–Crippen LogP) is 0.359. The highest BCUT2D eigenvalue weighted by Gasteiger charge is 2.22. The largest absolute Gasteiger partial charge is 0.356 e. The van der Waals surface area contributed by atoms with Gasteiger partial charge in [-0.2, -0.15) is 0 Å². The standard InChI is InChI=1S/C13H25N3O2/c1-10(2)14-9-13(18)16-6-4-12(5-7-16)8-15-11(3)17/h10,12,14H,4-9H2,1-3H3,(H,15,17). The first kappa shape index (κ1) is 15.0. The van der Waals surface area contributed by atoms with Gasteiger partial charge < -0.3 is 15.5 Å². The number of nitrogens with zero attached hydrogens (tertiary/aromatic N) is 1. The minimum atomic E-state index is 0.0228. The second kappa shape index (κ2) is 7.36. The molecule has 1 rings (SSSR count). The van der Waals surface area contributed by atoms with Crippen LogP contribution in [0.2, 0.25) is 0 Å². The molecule has 0 unspecified atom stereocenters. The van der Waals surface area contributed by atoms with Crippen LogP contribution in [0.4, 0.5) is 0 Å². The van der Waals surface area contributed by atoms with E-state index in [1.165, 1.54) is 6.92 Å². The van der Waals surface area contributed by atoms with E-state index in [0.717, 1.165) is 32.5 Å². The molecule has 104 valence electrons. The molecule has 0 atom stereocenters. The lowest BCUT2D eigenvalue weighted by Gasteiger charge is -2.32. The van der Waals surface area contributed by atoms with Gasteiger partial charge in [0.15, 0.2) is 0 Å². The van der Waals surface area contributed by atoms with E-state index in [9.17, 15) is 9.59 Å². The van der Waals surface area contributed by atoms with E-state index >= 15 is 0 Å². The van der Waals surface area contributed by atoms with Crippen molar-refractivity contribution in [2.75, 3.05) is 26.2 Å². The third kappa shape index (κ3) is 5.49. The Morgan fingerprint density at radius 1 is 1.28 bits per heavy atom. The SMILES string of the molecule is CC(=O)NCC1CCN(C(=O)CNC(C)C)CC1. The lowest BCUT2D eigenvalue weighted by atomic mass is 9.96. The van der Waals surface area contributed by atoms with Crippen LogP contribution in [-0.4, -0.2) is 48.9 Å². The zero-order valence-corrected chi connectivity index (χ0v) is 11.7. The first-order chi connectivity index (χ1) is 8.49. The topological polar surface area (TPSA) is 61.4 Å². The maximum Gasteiger partial charge on any atom is 0.236 e. The summed E-state index contributed by atoms with van der Waals surface area (Å²) in [6.07, 6.45) is 1.96. The van der Waals surface area contributed by atoms with Crippen molar-refractivity contribution in [1.82, 2.24) is 15.5 Å². The zero-order chi connectivity index (χ0) is 13.5. The van der Waals surface area contributed by atoms with E-state index in [0.29, 0.717) is 18.5 Å². The summed E-state index contributed by atoms with van der Waals surface area (Å²) in [4.78, 5) is 24.6. The van der Waals surface area contributed by atoms with Crippen LogP contribution in [0.1, 0.15) is 33.6 Å². The Bertz CT molecular complexity index is 284. The van der Waals surface area contributed by atoms with Crippen LogP contribution in [0.3, 0.4) is 0 Å². The highest BCUT2D eigenvalue weighted by molar-refractivity contribution is 5.78. The molecule has 1 aliphatic heterocycles. The Balaban J connectivity index is 2.22. The average Bonchev–Trinajstić information content (AvgIpc) is 2.34. The molecule has 0 aromatic rings. The molecule has 0 saturated carbocycles. The van der Waals surface area contributed by atoms with Crippen molar-refractivity contribution in [3.05, 3.63) is 0 Å². The molecular formula is C13H25N3O2. The second-order valence-corrected chi connectivity index (χ2v) is 5.30. The van der Waals surface area contributed by atoms with Gasteiger partial charge in [-0.1, -0.05) is 13.8 Å². The Labute approximate surface area is 109 Å². The fourth-order valence-electron chi connectivity index (χ4n) is 2.08. The van der Waals surface area contributed by atoms with Crippen molar-refractivity contribution in [2.45, 2.75) is 39.7 Å². The quantitative estimate of drug-likeness (QED) is 0.745. The molecule has 5 heteroatoms. The number of nitrogens with one attached hydrogen (secondary N) is 2. The fourth-order valence-corrected chi connectivity index (χ4v) is 2.08. The van der Waals surface area contributed by atoms with Crippen molar-refractivity contribution in [3.63, 3.8) is 0 Å². The molecule has 0 bridgehead atoms. The first-order valence-electron chi connectivity index (χ1n) is 6.74. The van der Waals surface area contributed by atoms with Gasteiger partial charge in [0.2, 0.25) is 11.8 Å². The Hall–Kier alpha value is -1.10. The van der Waals surface area contributed by atoms with E-state index in [-0.39, 0.29) is 11.8 Å². The minimum absolute atomic E-state index is 0.0228. The van der Waals surface area contributed by atoms with Crippen LogP contribution in [0, 0.1) is 5.92 Å². The molecule has 1 saturated heterocycles. The number of carbonyl (C=O) groups excluding carboxylic acids is 2. The van der Waals surface area contributed by atoms with Gasteiger partial charge in [-0.15, -0.1) is 0 Å². The number of hydrogen-bond donors (Lipinski definition) is 2. The highest BCUT2D eigenvalue weighted by atomic mass is 16.2.